The molecule has 0 radical (unpaired) electrons. The summed E-state index contributed by atoms with van der Waals surface area (Å²) in [5.41, 5.74) is 1.79. The van der Waals surface area contributed by atoms with Crippen molar-refractivity contribution in [3.63, 3.8) is 0 Å². The average molecular weight is 225 g/mol. The Bertz CT molecular complexity index is 325. The lowest BCUT2D eigenvalue weighted by atomic mass is 10.1. The minimum atomic E-state index is 0.313. The van der Waals surface area contributed by atoms with Crippen LogP contribution in [0.2, 0.25) is 0 Å². The molecule has 2 fully saturated rings. The number of rotatable bonds is 2. The summed E-state index contributed by atoms with van der Waals surface area (Å²) in [6.07, 6.45) is 3.40. The molecule has 0 bridgehead atoms. The number of aromatic nitrogens is 2. The van der Waals surface area contributed by atoms with Gasteiger partial charge < -0.3 is 9.64 Å². The van der Waals surface area contributed by atoms with E-state index in [9.17, 15) is 0 Å². The number of morpholine rings is 1. The number of hydrogen-bond donors (Lipinski definition) is 0. The summed E-state index contributed by atoms with van der Waals surface area (Å²) in [6.45, 7) is 4.07. The van der Waals surface area contributed by atoms with E-state index in [2.05, 4.69) is 22.0 Å². The van der Waals surface area contributed by atoms with E-state index in [1.165, 1.54) is 12.8 Å². The van der Waals surface area contributed by atoms with Crippen LogP contribution in [0.5, 0.6) is 0 Å². The molecule has 2 unspecified atom stereocenters. The molecule has 3 rings (SSSR count). The number of ether oxygens (including phenoxy) is 1. The van der Waals surface area contributed by atoms with E-state index < -0.39 is 0 Å². The summed E-state index contributed by atoms with van der Waals surface area (Å²) in [7, 11) is 0. The van der Waals surface area contributed by atoms with Crippen LogP contribution in [-0.4, -0.2) is 35.5 Å². The minimum absolute atomic E-state index is 0.313. The third-order valence-corrected chi connectivity index (χ3v) is 3.80. The van der Waals surface area contributed by atoms with Crippen LogP contribution in [-0.2, 0) is 4.74 Å². The second-order valence-corrected chi connectivity index (χ2v) is 5.26. The van der Waals surface area contributed by atoms with Gasteiger partial charge in [0.05, 0.1) is 12.2 Å². The number of anilines is 1. The van der Waals surface area contributed by atoms with Crippen LogP contribution in [0.25, 0.3) is 0 Å². The van der Waals surface area contributed by atoms with Gasteiger partial charge in [0.15, 0.2) is 0 Å². The lowest BCUT2D eigenvalue weighted by Crippen LogP contribution is -2.47. The zero-order chi connectivity index (χ0) is 10.3. The molecule has 2 heterocycles. The molecule has 0 aromatic carbocycles. The smallest absolute Gasteiger partial charge is 0.208 e. The van der Waals surface area contributed by atoms with Crippen molar-refractivity contribution in [3.8, 4) is 0 Å². The second-order valence-electron chi connectivity index (χ2n) is 4.45. The highest BCUT2D eigenvalue weighted by molar-refractivity contribution is 7.13. The maximum atomic E-state index is 5.95. The second kappa shape index (κ2) is 3.72. The van der Waals surface area contributed by atoms with Crippen molar-refractivity contribution in [1.29, 1.82) is 0 Å². The Balaban J connectivity index is 1.73. The molecule has 1 aromatic heterocycles. The summed E-state index contributed by atoms with van der Waals surface area (Å²) in [5, 5.41) is 9.06. The van der Waals surface area contributed by atoms with Crippen molar-refractivity contribution >= 4 is 16.5 Å². The van der Waals surface area contributed by atoms with Crippen LogP contribution >= 0.6 is 11.3 Å². The SMILES string of the molecule is CC1CN(c2nncs2)CC(C2CC2)O1. The molecule has 1 saturated carbocycles. The first-order valence-electron chi connectivity index (χ1n) is 5.49. The molecule has 0 spiro atoms. The fraction of sp³-hybridized carbons (Fsp3) is 0.800. The van der Waals surface area contributed by atoms with E-state index in [-0.39, 0.29) is 0 Å². The fourth-order valence-corrected chi connectivity index (χ4v) is 2.76. The fourth-order valence-electron chi connectivity index (χ4n) is 2.18. The monoisotopic (exact) mass is 225 g/mol. The van der Waals surface area contributed by atoms with Gasteiger partial charge in [0, 0.05) is 13.1 Å². The van der Waals surface area contributed by atoms with Gasteiger partial charge in [-0.25, -0.2) is 0 Å². The molecule has 1 aromatic rings. The molecule has 1 aliphatic heterocycles. The lowest BCUT2D eigenvalue weighted by Gasteiger charge is -2.36. The van der Waals surface area contributed by atoms with E-state index in [1.807, 2.05) is 0 Å². The average Bonchev–Trinajstić information content (AvgIpc) is 2.93. The summed E-state index contributed by atoms with van der Waals surface area (Å²) in [6, 6.07) is 0. The Hall–Kier alpha value is -0.680. The van der Waals surface area contributed by atoms with Gasteiger partial charge in [0.25, 0.3) is 0 Å². The molecule has 82 valence electrons. The molecule has 1 saturated heterocycles. The molecular weight excluding hydrogens is 210 g/mol. The van der Waals surface area contributed by atoms with Gasteiger partial charge in [0.1, 0.15) is 5.51 Å². The highest BCUT2D eigenvalue weighted by atomic mass is 32.1. The zero-order valence-corrected chi connectivity index (χ0v) is 9.61. The van der Waals surface area contributed by atoms with Crippen LogP contribution in [0, 0.1) is 5.92 Å². The van der Waals surface area contributed by atoms with Crippen LogP contribution in [0.4, 0.5) is 5.13 Å². The molecule has 1 aliphatic carbocycles. The van der Waals surface area contributed by atoms with Crippen molar-refractivity contribution in [2.24, 2.45) is 5.92 Å². The largest absolute Gasteiger partial charge is 0.371 e. The quantitative estimate of drug-likeness (QED) is 0.765. The number of hydrogen-bond acceptors (Lipinski definition) is 5. The Morgan fingerprint density at radius 3 is 3.00 bits per heavy atom. The molecular formula is C10H15N3OS. The first-order valence-corrected chi connectivity index (χ1v) is 6.37. The lowest BCUT2D eigenvalue weighted by molar-refractivity contribution is -0.0271. The molecule has 0 N–H and O–H groups in total. The van der Waals surface area contributed by atoms with Gasteiger partial charge in [-0.15, -0.1) is 10.2 Å². The first kappa shape index (κ1) is 9.54. The van der Waals surface area contributed by atoms with Gasteiger partial charge in [-0.05, 0) is 25.7 Å². The maximum Gasteiger partial charge on any atom is 0.208 e. The standard InChI is InChI=1S/C10H15N3OS/c1-7-4-13(10-12-11-6-15-10)5-9(14-7)8-2-3-8/h6-9H,2-5H2,1H3. The molecule has 0 amide bonds. The maximum absolute atomic E-state index is 5.95. The van der Waals surface area contributed by atoms with E-state index in [1.54, 1.807) is 16.8 Å². The third-order valence-electron chi connectivity index (χ3n) is 3.05. The molecule has 2 atom stereocenters. The molecule has 4 nitrogen and oxygen atoms in total. The van der Waals surface area contributed by atoms with Crippen LogP contribution in [0.15, 0.2) is 5.51 Å². The Kier molecular flexibility index (Phi) is 2.36. The van der Waals surface area contributed by atoms with Crippen molar-refractivity contribution in [2.45, 2.75) is 32.0 Å². The van der Waals surface area contributed by atoms with Gasteiger partial charge in [-0.3, -0.25) is 0 Å². The Morgan fingerprint density at radius 2 is 2.33 bits per heavy atom. The van der Waals surface area contributed by atoms with E-state index >= 15 is 0 Å². The summed E-state index contributed by atoms with van der Waals surface area (Å²) in [5.74, 6) is 0.795. The summed E-state index contributed by atoms with van der Waals surface area (Å²) >= 11 is 1.61. The highest BCUT2D eigenvalue weighted by Gasteiger charge is 2.37. The summed E-state index contributed by atoms with van der Waals surface area (Å²) in [4.78, 5) is 2.31. The Labute approximate surface area is 93.3 Å². The predicted molar refractivity (Wildman–Crippen MR) is 59.2 cm³/mol. The van der Waals surface area contributed by atoms with Crippen molar-refractivity contribution in [2.75, 3.05) is 18.0 Å². The normalized spacial score (nSPS) is 31.9. The van der Waals surface area contributed by atoms with Gasteiger partial charge in [-0.2, -0.15) is 0 Å². The van der Waals surface area contributed by atoms with Crippen molar-refractivity contribution in [3.05, 3.63) is 5.51 Å². The van der Waals surface area contributed by atoms with Crippen LogP contribution in [0.3, 0.4) is 0 Å². The zero-order valence-electron chi connectivity index (χ0n) is 8.80. The molecule has 15 heavy (non-hydrogen) atoms. The minimum Gasteiger partial charge on any atom is -0.371 e. The van der Waals surface area contributed by atoms with Crippen molar-refractivity contribution < 1.29 is 4.74 Å². The predicted octanol–water partition coefficient (Wildman–Crippen LogP) is 1.54. The first-order chi connectivity index (χ1) is 7.33. The van der Waals surface area contributed by atoms with E-state index in [0.29, 0.717) is 12.2 Å². The van der Waals surface area contributed by atoms with Crippen molar-refractivity contribution in [1.82, 2.24) is 10.2 Å². The topological polar surface area (TPSA) is 38.2 Å². The third kappa shape index (κ3) is 1.99. The molecule has 5 heteroatoms. The van der Waals surface area contributed by atoms with Gasteiger partial charge in [-0.1, -0.05) is 11.3 Å². The molecule has 2 aliphatic rings. The van der Waals surface area contributed by atoms with Crippen LogP contribution in [0.1, 0.15) is 19.8 Å². The summed E-state index contributed by atoms with van der Waals surface area (Å²) < 4.78 is 5.95. The highest BCUT2D eigenvalue weighted by Crippen LogP contribution is 2.37. The number of nitrogens with zero attached hydrogens (tertiary/aromatic N) is 3. The van der Waals surface area contributed by atoms with E-state index in [4.69, 9.17) is 4.74 Å². The van der Waals surface area contributed by atoms with E-state index in [0.717, 1.165) is 24.1 Å². The van der Waals surface area contributed by atoms with Gasteiger partial charge in [0.2, 0.25) is 5.13 Å². The Morgan fingerprint density at radius 1 is 1.47 bits per heavy atom. The van der Waals surface area contributed by atoms with Gasteiger partial charge >= 0.3 is 0 Å². The van der Waals surface area contributed by atoms with Crippen LogP contribution < -0.4 is 4.90 Å².